The molecule has 0 bridgehead atoms. The molecule has 0 radical (unpaired) electrons. The maximum Gasteiger partial charge on any atom is 0.165 e. The van der Waals surface area contributed by atoms with Crippen molar-refractivity contribution >= 4 is 38.2 Å². The van der Waals surface area contributed by atoms with Crippen molar-refractivity contribution in [2.75, 3.05) is 17.7 Å². The summed E-state index contributed by atoms with van der Waals surface area (Å²) in [5.74, 6) is -1.32. The smallest absolute Gasteiger partial charge is 0.165 e. The summed E-state index contributed by atoms with van der Waals surface area (Å²) in [7, 11) is -3.95. The predicted octanol–water partition coefficient (Wildman–Crippen LogP) is 1.94. The number of nitriles is 1. The number of halogens is 2. The van der Waals surface area contributed by atoms with Crippen LogP contribution >= 0.6 is 0 Å². The SMILES string of the molecule is N#Cc1cnc2c(Nc3ccc(F)c(C4CS(=O)(=O)C(CF)C(N)=N4)n3)nccc2c1. The molecule has 1 aliphatic rings. The van der Waals surface area contributed by atoms with E-state index in [9.17, 15) is 17.2 Å². The van der Waals surface area contributed by atoms with E-state index in [-0.39, 0.29) is 11.5 Å². The highest BCUT2D eigenvalue weighted by Gasteiger charge is 2.38. The van der Waals surface area contributed by atoms with E-state index in [0.717, 1.165) is 6.07 Å². The Morgan fingerprint density at radius 2 is 2.10 bits per heavy atom. The van der Waals surface area contributed by atoms with Crippen LogP contribution in [-0.2, 0) is 9.84 Å². The van der Waals surface area contributed by atoms with E-state index in [4.69, 9.17) is 11.0 Å². The Labute approximate surface area is 175 Å². The van der Waals surface area contributed by atoms with Crippen molar-refractivity contribution in [3.8, 4) is 6.07 Å². The molecular weight excluding hydrogens is 428 g/mol. The molecule has 4 rings (SSSR count). The van der Waals surface area contributed by atoms with E-state index in [1.54, 1.807) is 12.1 Å². The number of nitrogens with one attached hydrogen (secondary N) is 1. The molecule has 2 unspecified atom stereocenters. The van der Waals surface area contributed by atoms with E-state index in [2.05, 4.69) is 25.3 Å². The number of rotatable bonds is 4. The monoisotopic (exact) mass is 443 g/mol. The van der Waals surface area contributed by atoms with Gasteiger partial charge in [0.1, 0.15) is 52.7 Å². The Bertz CT molecular complexity index is 1360. The molecule has 12 heteroatoms. The van der Waals surface area contributed by atoms with Crippen molar-refractivity contribution in [1.82, 2.24) is 15.0 Å². The summed E-state index contributed by atoms with van der Waals surface area (Å²) in [6.07, 6.45) is 2.90. The highest BCUT2D eigenvalue weighted by atomic mass is 32.2. The zero-order chi connectivity index (χ0) is 22.2. The van der Waals surface area contributed by atoms with Gasteiger partial charge in [0.25, 0.3) is 0 Å². The maximum atomic E-state index is 14.5. The van der Waals surface area contributed by atoms with E-state index < -0.39 is 45.2 Å². The van der Waals surface area contributed by atoms with Gasteiger partial charge in [-0.3, -0.25) is 9.98 Å². The van der Waals surface area contributed by atoms with Crippen LogP contribution in [0.4, 0.5) is 20.4 Å². The molecular formula is C19H15F2N7O2S. The first-order valence-corrected chi connectivity index (χ1v) is 10.7. The van der Waals surface area contributed by atoms with Gasteiger partial charge in [-0.1, -0.05) is 0 Å². The van der Waals surface area contributed by atoms with E-state index in [1.165, 1.54) is 18.5 Å². The number of hydrogen-bond donors (Lipinski definition) is 2. The molecule has 0 spiro atoms. The summed E-state index contributed by atoms with van der Waals surface area (Å²) < 4.78 is 52.1. The zero-order valence-corrected chi connectivity index (χ0v) is 16.6. The first-order valence-electron chi connectivity index (χ1n) is 9.01. The minimum atomic E-state index is -3.95. The maximum absolute atomic E-state index is 14.5. The fraction of sp³-hybridized carbons (Fsp3) is 0.211. The van der Waals surface area contributed by atoms with Gasteiger partial charge in [0.05, 0.1) is 11.3 Å². The number of aromatic nitrogens is 3. The molecule has 0 amide bonds. The third-order valence-electron chi connectivity index (χ3n) is 4.76. The van der Waals surface area contributed by atoms with Crippen LogP contribution in [0.1, 0.15) is 17.3 Å². The van der Waals surface area contributed by atoms with Crippen molar-refractivity contribution in [2.45, 2.75) is 11.3 Å². The molecule has 4 heterocycles. The average molecular weight is 443 g/mol. The lowest BCUT2D eigenvalue weighted by molar-refractivity contribution is 0.488. The number of anilines is 2. The standard InChI is InChI=1S/C19H15F2N7O2S/c20-6-14-18(23)26-13(9-31(14,29)30)17-12(21)1-2-15(27-17)28-19-16-11(3-4-24-19)5-10(7-22)8-25-16/h1-5,8,13-14H,6,9H2,(H2,23,26)(H,24,27,28). The van der Waals surface area contributed by atoms with Crippen LogP contribution in [0.25, 0.3) is 10.9 Å². The molecule has 2 atom stereocenters. The van der Waals surface area contributed by atoms with Gasteiger partial charge in [-0.05, 0) is 24.3 Å². The van der Waals surface area contributed by atoms with Crippen molar-refractivity contribution < 1.29 is 17.2 Å². The van der Waals surface area contributed by atoms with Gasteiger partial charge < -0.3 is 11.1 Å². The molecule has 0 fully saturated rings. The Morgan fingerprint density at radius 3 is 2.81 bits per heavy atom. The van der Waals surface area contributed by atoms with Crippen LogP contribution in [0.2, 0.25) is 0 Å². The van der Waals surface area contributed by atoms with Gasteiger partial charge in [0.15, 0.2) is 15.7 Å². The third-order valence-corrected chi connectivity index (χ3v) is 6.78. The van der Waals surface area contributed by atoms with Crippen LogP contribution in [-0.4, -0.2) is 46.9 Å². The molecule has 0 aromatic carbocycles. The second-order valence-electron chi connectivity index (χ2n) is 6.80. The molecule has 0 aliphatic carbocycles. The van der Waals surface area contributed by atoms with Gasteiger partial charge in [-0.2, -0.15) is 5.26 Å². The van der Waals surface area contributed by atoms with Crippen LogP contribution in [0.15, 0.2) is 41.7 Å². The summed E-state index contributed by atoms with van der Waals surface area (Å²) in [6.45, 7) is -1.20. The summed E-state index contributed by atoms with van der Waals surface area (Å²) >= 11 is 0. The fourth-order valence-electron chi connectivity index (χ4n) is 3.23. The lowest BCUT2D eigenvalue weighted by atomic mass is 10.2. The summed E-state index contributed by atoms with van der Waals surface area (Å²) in [6, 6.07) is 6.58. The molecule has 158 valence electrons. The van der Waals surface area contributed by atoms with E-state index in [0.29, 0.717) is 22.3 Å². The number of nitrogens with two attached hydrogens (primary N) is 1. The topological polar surface area (TPSA) is 147 Å². The number of aliphatic imine (C=N–C) groups is 1. The van der Waals surface area contributed by atoms with Gasteiger partial charge in [-0.15, -0.1) is 0 Å². The predicted molar refractivity (Wildman–Crippen MR) is 110 cm³/mol. The van der Waals surface area contributed by atoms with Gasteiger partial charge in [0.2, 0.25) is 0 Å². The van der Waals surface area contributed by atoms with Gasteiger partial charge in [-0.25, -0.2) is 27.2 Å². The molecule has 3 aromatic rings. The Kier molecular flexibility index (Phi) is 5.20. The quantitative estimate of drug-likeness (QED) is 0.622. The molecule has 3 N–H and O–H groups in total. The van der Waals surface area contributed by atoms with E-state index >= 15 is 0 Å². The molecule has 0 saturated heterocycles. The van der Waals surface area contributed by atoms with Gasteiger partial charge >= 0.3 is 0 Å². The summed E-state index contributed by atoms with van der Waals surface area (Å²) in [5.41, 5.74) is 6.21. The van der Waals surface area contributed by atoms with Crippen molar-refractivity contribution in [2.24, 2.45) is 10.7 Å². The highest BCUT2D eigenvalue weighted by molar-refractivity contribution is 7.92. The number of sulfone groups is 1. The van der Waals surface area contributed by atoms with Crippen LogP contribution in [0.5, 0.6) is 0 Å². The molecule has 1 aliphatic heterocycles. The zero-order valence-electron chi connectivity index (χ0n) is 15.8. The van der Waals surface area contributed by atoms with Crippen LogP contribution in [0, 0.1) is 17.1 Å². The second kappa shape index (κ2) is 7.84. The Hall–Kier alpha value is -3.72. The number of fused-ring (bicyclic) bond motifs is 1. The first-order chi connectivity index (χ1) is 14.8. The van der Waals surface area contributed by atoms with Crippen molar-refractivity contribution in [3.63, 3.8) is 0 Å². The summed E-state index contributed by atoms with van der Waals surface area (Å²) in [4.78, 5) is 16.5. The minimum absolute atomic E-state index is 0.168. The first kappa shape index (κ1) is 20.5. The van der Waals surface area contributed by atoms with Crippen LogP contribution in [0.3, 0.4) is 0 Å². The van der Waals surface area contributed by atoms with Gasteiger partial charge in [0, 0.05) is 17.8 Å². The lowest BCUT2D eigenvalue weighted by Crippen LogP contribution is -2.44. The number of hydrogen-bond acceptors (Lipinski definition) is 9. The number of amidine groups is 1. The normalized spacial score (nSPS) is 20.1. The largest absolute Gasteiger partial charge is 0.386 e. The number of alkyl halides is 1. The van der Waals surface area contributed by atoms with Crippen molar-refractivity contribution in [1.29, 1.82) is 5.26 Å². The molecule has 0 saturated carbocycles. The van der Waals surface area contributed by atoms with Crippen LogP contribution < -0.4 is 11.1 Å². The summed E-state index contributed by atoms with van der Waals surface area (Å²) in [5, 5.41) is 11.1. The molecule has 31 heavy (non-hydrogen) atoms. The highest BCUT2D eigenvalue weighted by Crippen LogP contribution is 2.29. The lowest BCUT2D eigenvalue weighted by Gasteiger charge is -2.24. The van der Waals surface area contributed by atoms with E-state index in [1.807, 2.05) is 6.07 Å². The Morgan fingerprint density at radius 1 is 1.29 bits per heavy atom. The van der Waals surface area contributed by atoms with Crippen molar-refractivity contribution in [3.05, 3.63) is 53.7 Å². The molecule has 3 aromatic heterocycles. The average Bonchev–Trinajstić information content (AvgIpc) is 2.74. The fourth-order valence-corrected chi connectivity index (χ4v) is 4.76. The molecule has 9 nitrogen and oxygen atoms in total. The second-order valence-corrected chi connectivity index (χ2v) is 9.03. The third kappa shape index (κ3) is 3.87. The minimum Gasteiger partial charge on any atom is -0.386 e. The number of pyridine rings is 3. The Balaban J connectivity index is 1.71. The number of nitrogens with zero attached hydrogens (tertiary/aromatic N) is 5.